The first-order valence-corrected chi connectivity index (χ1v) is 8.50. The molecule has 0 spiro atoms. The quantitative estimate of drug-likeness (QED) is 0.789. The van der Waals surface area contributed by atoms with E-state index in [9.17, 15) is 18.0 Å². The number of carbonyl (C=O) groups excluding carboxylic acids is 1. The number of alkyl halides is 3. The van der Waals surface area contributed by atoms with Crippen LogP contribution in [-0.2, 0) is 11.0 Å². The predicted octanol–water partition coefficient (Wildman–Crippen LogP) is 2.94. The highest BCUT2D eigenvalue weighted by Crippen LogP contribution is 2.41. The van der Waals surface area contributed by atoms with Gasteiger partial charge in [-0.3, -0.25) is 4.79 Å². The van der Waals surface area contributed by atoms with E-state index in [1.54, 1.807) is 4.90 Å². The molecule has 4 heterocycles. The van der Waals surface area contributed by atoms with Crippen molar-refractivity contribution in [2.75, 3.05) is 24.5 Å². The van der Waals surface area contributed by atoms with Crippen LogP contribution < -0.4 is 4.90 Å². The fourth-order valence-corrected chi connectivity index (χ4v) is 4.65. The molecule has 3 aliphatic heterocycles. The number of aromatic nitrogens is 1. The fraction of sp³-hybridized carbons (Fsp3) is 0.647. The van der Waals surface area contributed by atoms with Gasteiger partial charge in [0.15, 0.2) is 0 Å². The molecule has 1 aromatic heterocycles. The Balaban J connectivity index is 1.62. The van der Waals surface area contributed by atoms with Gasteiger partial charge in [-0.05, 0) is 43.2 Å². The average molecular weight is 339 g/mol. The SMILES string of the molecule is O=C1CCC[C@H]2C3CC(CN(c4ncccc4C(F)(F)F)C3)CN12. The van der Waals surface area contributed by atoms with Crippen molar-refractivity contribution in [1.82, 2.24) is 9.88 Å². The predicted molar refractivity (Wildman–Crippen MR) is 82.4 cm³/mol. The van der Waals surface area contributed by atoms with Crippen molar-refractivity contribution in [3.8, 4) is 0 Å². The lowest BCUT2D eigenvalue weighted by Crippen LogP contribution is -2.60. The average Bonchev–Trinajstić information content (AvgIpc) is 2.55. The molecule has 0 aromatic carbocycles. The lowest BCUT2D eigenvalue weighted by molar-refractivity contribution is -0.142. The Kier molecular flexibility index (Phi) is 3.69. The third-order valence-electron chi connectivity index (χ3n) is 5.57. The molecule has 3 fully saturated rings. The molecule has 7 heteroatoms. The van der Waals surface area contributed by atoms with Crippen LogP contribution in [0, 0.1) is 11.8 Å². The normalized spacial score (nSPS) is 30.3. The molecule has 1 aromatic rings. The Morgan fingerprint density at radius 2 is 2.04 bits per heavy atom. The van der Waals surface area contributed by atoms with Crippen LogP contribution in [0.3, 0.4) is 0 Å². The van der Waals surface area contributed by atoms with Gasteiger partial charge in [-0.2, -0.15) is 13.2 Å². The zero-order valence-electron chi connectivity index (χ0n) is 13.3. The van der Waals surface area contributed by atoms with Crippen LogP contribution in [0.2, 0.25) is 0 Å². The maximum Gasteiger partial charge on any atom is 0.419 e. The lowest BCUT2D eigenvalue weighted by Gasteiger charge is -2.52. The van der Waals surface area contributed by atoms with Gasteiger partial charge in [0, 0.05) is 38.3 Å². The monoisotopic (exact) mass is 339 g/mol. The molecule has 0 N–H and O–H groups in total. The molecule has 4 rings (SSSR count). The number of nitrogens with zero attached hydrogens (tertiary/aromatic N) is 3. The number of fused-ring (bicyclic) bond motifs is 4. The number of hydrogen-bond donors (Lipinski definition) is 0. The molecule has 0 aliphatic carbocycles. The first-order valence-electron chi connectivity index (χ1n) is 8.50. The van der Waals surface area contributed by atoms with Gasteiger partial charge in [-0.1, -0.05) is 0 Å². The molecule has 3 saturated heterocycles. The van der Waals surface area contributed by atoms with Crippen LogP contribution in [-0.4, -0.2) is 41.5 Å². The van der Waals surface area contributed by atoms with Crippen molar-refractivity contribution in [2.45, 2.75) is 37.9 Å². The zero-order valence-corrected chi connectivity index (χ0v) is 13.3. The van der Waals surface area contributed by atoms with Crippen molar-refractivity contribution in [1.29, 1.82) is 0 Å². The second-order valence-corrected chi connectivity index (χ2v) is 7.14. The summed E-state index contributed by atoms with van der Waals surface area (Å²) in [5.41, 5.74) is -0.665. The summed E-state index contributed by atoms with van der Waals surface area (Å²) in [5, 5.41) is 0. The molecule has 0 saturated carbocycles. The van der Waals surface area contributed by atoms with Gasteiger partial charge in [-0.25, -0.2) is 4.98 Å². The minimum absolute atomic E-state index is 0.0373. The number of anilines is 1. The molecule has 24 heavy (non-hydrogen) atoms. The van der Waals surface area contributed by atoms with Gasteiger partial charge in [-0.15, -0.1) is 0 Å². The van der Waals surface area contributed by atoms with E-state index in [1.165, 1.54) is 12.3 Å². The molecule has 2 unspecified atom stereocenters. The summed E-state index contributed by atoms with van der Waals surface area (Å²) < 4.78 is 39.9. The molecule has 0 radical (unpaired) electrons. The molecular formula is C17H20F3N3O. The Labute approximate surface area is 138 Å². The van der Waals surface area contributed by atoms with E-state index in [0.29, 0.717) is 26.1 Å². The minimum Gasteiger partial charge on any atom is -0.355 e. The van der Waals surface area contributed by atoms with Crippen LogP contribution in [0.15, 0.2) is 18.3 Å². The molecule has 1 amide bonds. The summed E-state index contributed by atoms with van der Waals surface area (Å²) in [4.78, 5) is 20.0. The standard InChI is InChI=1S/C17H20F3N3O/c18-17(19,20)13-3-2-6-21-16(13)22-8-11-7-12(10-22)14-4-1-5-15(24)23(14)9-11/h2-3,6,11-12,14H,1,4-5,7-10H2/t11?,12?,14-/m0/s1. The topological polar surface area (TPSA) is 36.4 Å². The first kappa shape index (κ1) is 15.7. The maximum absolute atomic E-state index is 13.3. The Bertz CT molecular complexity index is 648. The van der Waals surface area contributed by atoms with E-state index in [2.05, 4.69) is 4.98 Å². The van der Waals surface area contributed by atoms with Crippen LogP contribution >= 0.6 is 0 Å². The van der Waals surface area contributed by atoms with Gasteiger partial charge < -0.3 is 9.80 Å². The lowest BCUT2D eigenvalue weighted by atomic mass is 9.76. The summed E-state index contributed by atoms with van der Waals surface area (Å²) in [6.07, 6.45) is 0.482. The number of carbonyl (C=O) groups is 1. The highest BCUT2D eigenvalue weighted by atomic mass is 19.4. The van der Waals surface area contributed by atoms with Crippen molar-refractivity contribution in [3.63, 3.8) is 0 Å². The second kappa shape index (κ2) is 5.63. The van der Waals surface area contributed by atoms with Crippen molar-refractivity contribution >= 4 is 11.7 Å². The Morgan fingerprint density at radius 3 is 2.83 bits per heavy atom. The second-order valence-electron chi connectivity index (χ2n) is 7.14. The molecule has 3 aliphatic rings. The summed E-state index contributed by atoms with van der Waals surface area (Å²) in [6.45, 7) is 1.75. The molecular weight excluding hydrogens is 319 g/mol. The third kappa shape index (κ3) is 2.63. The zero-order chi connectivity index (χ0) is 16.9. The third-order valence-corrected chi connectivity index (χ3v) is 5.57. The molecule has 130 valence electrons. The largest absolute Gasteiger partial charge is 0.419 e. The number of piperidine rings is 3. The number of rotatable bonds is 1. The van der Waals surface area contributed by atoms with E-state index >= 15 is 0 Å². The van der Waals surface area contributed by atoms with Gasteiger partial charge >= 0.3 is 6.18 Å². The number of hydrogen-bond acceptors (Lipinski definition) is 3. The van der Waals surface area contributed by atoms with Crippen LogP contribution in [0.5, 0.6) is 0 Å². The molecule has 3 atom stereocenters. The number of amides is 1. The van der Waals surface area contributed by atoms with E-state index in [4.69, 9.17) is 0 Å². The summed E-state index contributed by atoms with van der Waals surface area (Å²) in [6, 6.07) is 2.62. The molecule has 2 bridgehead atoms. The van der Waals surface area contributed by atoms with Gasteiger partial charge in [0.1, 0.15) is 5.82 Å². The number of halogens is 3. The highest BCUT2D eigenvalue weighted by molar-refractivity contribution is 5.77. The summed E-state index contributed by atoms with van der Waals surface area (Å²) in [5.74, 6) is 0.716. The van der Waals surface area contributed by atoms with E-state index < -0.39 is 11.7 Å². The summed E-state index contributed by atoms with van der Waals surface area (Å²) >= 11 is 0. The van der Waals surface area contributed by atoms with Crippen LogP contribution in [0.4, 0.5) is 19.0 Å². The van der Waals surface area contributed by atoms with E-state index in [1.807, 2.05) is 4.90 Å². The van der Waals surface area contributed by atoms with E-state index in [0.717, 1.165) is 25.3 Å². The maximum atomic E-state index is 13.3. The van der Waals surface area contributed by atoms with E-state index in [-0.39, 0.29) is 29.6 Å². The van der Waals surface area contributed by atoms with Crippen molar-refractivity contribution in [3.05, 3.63) is 23.9 Å². The molecule has 4 nitrogen and oxygen atoms in total. The van der Waals surface area contributed by atoms with Crippen LogP contribution in [0.1, 0.15) is 31.2 Å². The Hall–Kier alpha value is -1.79. The van der Waals surface area contributed by atoms with Crippen molar-refractivity contribution < 1.29 is 18.0 Å². The number of pyridine rings is 1. The van der Waals surface area contributed by atoms with Gasteiger partial charge in [0.25, 0.3) is 0 Å². The Morgan fingerprint density at radius 1 is 1.21 bits per heavy atom. The van der Waals surface area contributed by atoms with Crippen LogP contribution in [0.25, 0.3) is 0 Å². The van der Waals surface area contributed by atoms with Gasteiger partial charge in [0.05, 0.1) is 5.56 Å². The van der Waals surface area contributed by atoms with Crippen molar-refractivity contribution in [2.24, 2.45) is 11.8 Å². The summed E-state index contributed by atoms with van der Waals surface area (Å²) in [7, 11) is 0. The smallest absolute Gasteiger partial charge is 0.355 e. The highest BCUT2D eigenvalue weighted by Gasteiger charge is 2.45. The van der Waals surface area contributed by atoms with Gasteiger partial charge in [0.2, 0.25) is 5.91 Å². The fourth-order valence-electron chi connectivity index (χ4n) is 4.65. The first-order chi connectivity index (χ1) is 11.4. The minimum atomic E-state index is -4.40.